The van der Waals surface area contributed by atoms with Crippen molar-refractivity contribution in [1.29, 1.82) is 0 Å². The molecule has 0 N–H and O–H groups in total. The summed E-state index contributed by atoms with van der Waals surface area (Å²) in [5.74, 6) is 0.324. The summed E-state index contributed by atoms with van der Waals surface area (Å²) in [6.07, 6.45) is 9.11. The minimum Gasteiger partial charge on any atom is -0.248 e. The number of fused-ring (bicyclic) bond motifs is 6. The normalized spacial score (nSPS) is 15.3. The average Bonchev–Trinajstić information content (AvgIpc) is 3.27. The second-order valence-corrected chi connectivity index (χ2v) is 14.3. The van der Waals surface area contributed by atoms with Crippen LogP contribution in [0.15, 0.2) is 212 Å². The van der Waals surface area contributed by atoms with Gasteiger partial charge in [-0.15, -0.1) is 0 Å². The first-order chi connectivity index (χ1) is 26.8. The summed E-state index contributed by atoms with van der Waals surface area (Å²) < 4.78 is 0. The number of nitrogens with zero attached hydrogens (tertiary/aromatic N) is 1. The van der Waals surface area contributed by atoms with Gasteiger partial charge in [0.25, 0.3) is 0 Å². The van der Waals surface area contributed by atoms with Crippen LogP contribution in [0.3, 0.4) is 0 Å². The lowest BCUT2D eigenvalue weighted by molar-refractivity contribution is 0.729. The fraction of sp³-hybridized carbons (Fsp3) is 0.0377. The van der Waals surface area contributed by atoms with Crippen LogP contribution in [0.25, 0.3) is 77.1 Å². The van der Waals surface area contributed by atoms with Gasteiger partial charge in [0.2, 0.25) is 0 Å². The largest absolute Gasteiger partial charge is 0.248 e. The highest BCUT2D eigenvalue weighted by molar-refractivity contribution is 6.26. The van der Waals surface area contributed by atoms with E-state index < -0.39 is 0 Å². The molecule has 10 rings (SSSR count). The molecule has 54 heavy (non-hydrogen) atoms. The number of pyridine rings is 1. The second kappa shape index (κ2) is 13.6. The molecular formula is C53H37N. The predicted octanol–water partition coefficient (Wildman–Crippen LogP) is 14.2. The molecule has 0 fully saturated rings. The van der Waals surface area contributed by atoms with Crippen LogP contribution in [0, 0.1) is 0 Å². The van der Waals surface area contributed by atoms with E-state index in [4.69, 9.17) is 4.98 Å². The Morgan fingerprint density at radius 3 is 1.26 bits per heavy atom. The summed E-state index contributed by atoms with van der Waals surface area (Å²) in [7, 11) is 0. The van der Waals surface area contributed by atoms with Crippen molar-refractivity contribution in [2.24, 2.45) is 0 Å². The highest BCUT2D eigenvalue weighted by Crippen LogP contribution is 2.42. The minimum absolute atomic E-state index is 0.154. The Morgan fingerprint density at radius 1 is 0.278 bits per heavy atom. The van der Waals surface area contributed by atoms with Crippen molar-refractivity contribution in [3.63, 3.8) is 0 Å². The zero-order valence-electron chi connectivity index (χ0n) is 29.8. The van der Waals surface area contributed by atoms with Gasteiger partial charge in [0.15, 0.2) is 0 Å². The van der Waals surface area contributed by atoms with Gasteiger partial charge < -0.3 is 0 Å². The van der Waals surface area contributed by atoms with Crippen LogP contribution in [0.4, 0.5) is 0 Å². The molecule has 1 nitrogen and oxygen atoms in total. The van der Waals surface area contributed by atoms with Crippen molar-refractivity contribution in [3.8, 4) is 44.8 Å². The molecule has 0 saturated carbocycles. The first-order valence-electron chi connectivity index (χ1n) is 18.8. The Kier molecular flexibility index (Phi) is 8.04. The van der Waals surface area contributed by atoms with Gasteiger partial charge in [-0.2, -0.15) is 0 Å². The van der Waals surface area contributed by atoms with Crippen LogP contribution in [0.2, 0.25) is 0 Å². The van der Waals surface area contributed by atoms with E-state index in [0.29, 0.717) is 0 Å². The number of hydrogen-bond acceptors (Lipinski definition) is 1. The summed E-state index contributed by atoms with van der Waals surface area (Å²) in [6.45, 7) is 0. The Bertz CT molecular complexity index is 2810. The predicted molar refractivity (Wildman–Crippen MR) is 229 cm³/mol. The number of hydrogen-bond donors (Lipinski definition) is 0. The third-order valence-corrected chi connectivity index (χ3v) is 11.1. The van der Waals surface area contributed by atoms with E-state index in [-0.39, 0.29) is 11.8 Å². The molecule has 9 aromatic rings. The van der Waals surface area contributed by atoms with E-state index in [9.17, 15) is 0 Å². The van der Waals surface area contributed by atoms with Crippen LogP contribution in [-0.4, -0.2) is 4.98 Å². The van der Waals surface area contributed by atoms with Crippen LogP contribution >= 0.6 is 0 Å². The maximum atomic E-state index is 5.17. The average molecular weight is 688 g/mol. The lowest BCUT2D eigenvalue weighted by Gasteiger charge is -2.26. The first kappa shape index (κ1) is 31.9. The van der Waals surface area contributed by atoms with Gasteiger partial charge in [0.1, 0.15) is 0 Å². The third-order valence-electron chi connectivity index (χ3n) is 11.1. The molecule has 0 aliphatic heterocycles. The highest BCUT2D eigenvalue weighted by atomic mass is 14.7. The first-order valence-corrected chi connectivity index (χ1v) is 18.8. The number of allylic oxidation sites excluding steroid dienone is 4. The van der Waals surface area contributed by atoms with Gasteiger partial charge in [0.05, 0.1) is 11.4 Å². The molecule has 0 spiro atoms. The quantitative estimate of drug-likeness (QED) is 0.159. The molecule has 1 heteroatoms. The van der Waals surface area contributed by atoms with Crippen molar-refractivity contribution in [1.82, 2.24) is 4.98 Å². The summed E-state index contributed by atoms with van der Waals surface area (Å²) in [5.41, 5.74) is 11.7. The van der Waals surface area contributed by atoms with Crippen molar-refractivity contribution in [3.05, 3.63) is 223 Å². The Balaban J connectivity index is 1.09. The molecule has 2 atom stereocenters. The van der Waals surface area contributed by atoms with Crippen molar-refractivity contribution >= 4 is 32.3 Å². The Hall–Kier alpha value is -6.83. The zero-order chi connectivity index (χ0) is 35.8. The topological polar surface area (TPSA) is 12.9 Å². The van der Waals surface area contributed by atoms with Gasteiger partial charge in [-0.3, -0.25) is 0 Å². The maximum absolute atomic E-state index is 5.17. The maximum Gasteiger partial charge on any atom is 0.0712 e. The van der Waals surface area contributed by atoms with E-state index >= 15 is 0 Å². The van der Waals surface area contributed by atoms with Gasteiger partial charge >= 0.3 is 0 Å². The SMILES string of the molecule is C1=CC(c2cccc(-c3ccc4c5ccccc5c5ccc(-c6ccccc6)cc5c4c3)c2)C(c2cc(-c3ccccc3)nc(-c3ccccc3)c2)C=C1. The highest BCUT2D eigenvalue weighted by Gasteiger charge is 2.24. The molecule has 8 aromatic carbocycles. The standard InChI is InChI=1S/C53H37N/c1-4-15-36(16-5-1)40-27-29-48-46-25-12-13-26-47(46)49-30-28-41(33-51(49)50(48)32-40)39-21-14-22-42(31-39)44-23-10-11-24-45(44)43-34-52(37-17-6-2-7-18-37)54-53(35-43)38-19-8-3-9-20-38/h1-35,44-45H. The molecule has 0 amide bonds. The summed E-state index contributed by atoms with van der Waals surface area (Å²) in [5, 5.41) is 7.71. The lowest BCUT2D eigenvalue weighted by atomic mass is 9.78. The summed E-state index contributed by atoms with van der Waals surface area (Å²) >= 11 is 0. The molecule has 0 bridgehead atoms. The number of rotatable bonds is 6. The molecule has 1 aromatic heterocycles. The van der Waals surface area contributed by atoms with E-state index in [1.165, 1.54) is 65.7 Å². The Morgan fingerprint density at radius 2 is 0.704 bits per heavy atom. The summed E-state index contributed by atoms with van der Waals surface area (Å²) in [6, 6.07) is 68.3. The van der Waals surface area contributed by atoms with Gasteiger partial charge in [-0.1, -0.05) is 188 Å². The van der Waals surface area contributed by atoms with Gasteiger partial charge in [-0.25, -0.2) is 4.98 Å². The summed E-state index contributed by atoms with van der Waals surface area (Å²) in [4.78, 5) is 5.17. The second-order valence-electron chi connectivity index (χ2n) is 14.3. The molecule has 1 heterocycles. The molecular weight excluding hydrogens is 651 g/mol. The van der Waals surface area contributed by atoms with Crippen molar-refractivity contribution < 1.29 is 0 Å². The van der Waals surface area contributed by atoms with E-state index in [1.807, 2.05) is 0 Å². The van der Waals surface area contributed by atoms with Gasteiger partial charge in [0, 0.05) is 23.0 Å². The molecule has 0 saturated heterocycles. The number of aromatic nitrogens is 1. The monoisotopic (exact) mass is 687 g/mol. The van der Waals surface area contributed by atoms with Crippen LogP contribution in [-0.2, 0) is 0 Å². The van der Waals surface area contributed by atoms with Crippen LogP contribution in [0.1, 0.15) is 23.0 Å². The minimum atomic E-state index is 0.154. The van der Waals surface area contributed by atoms with Crippen LogP contribution < -0.4 is 0 Å². The van der Waals surface area contributed by atoms with E-state index in [0.717, 1.165) is 22.5 Å². The van der Waals surface area contributed by atoms with Crippen molar-refractivity contribution in [2.45, 2.75) is 11.8 Å². The van der Waals surface area contributed by atoms with E-state index in [1.54, 1.807) is 0 Å². The zero-order valence-corrected chi connectivity index (χ0v) is 29.8. The van der Waals surface area contributed by atoms with Crippen molar-refractivity contribution in [2.75, 3.05) is 0 Å². The molecule has 1 aliphatic carbocycles. The molecule has 0 radical (unpaired) electrons. The van der Waals surface area contributed by atoms with E-state index in [2.05, 4.69) is 212 Å². The lowest BCUT2D eigenvalue weighted by Crippen LogP contribution is -2.10. The number of benzene rings is 8. The Labute approximate surface area is 316 Å². The van der Waals surface area contributed by atoms with Gasteiger partial charge in [-0.05, 0) is 90.0 Å². The molecule has 1 aliphatic rings. The van der Waals surface area contributed by atoms with Crippen LogP contribution in [0.5, 0.6) is 0 Å². The third kappa shape index (κ3) is 5.81. The molecule has 254 valence electrons. The smallest absolute Gasteiger partial charge is 0.0712 e. The molecule has 2 unspecified atom stereocenters. The fourth-order valence-electron chi connectivity index (χ4n) is 8.37. The fourth-order valence-corrected chi connectivity index (χ4v) is 8.37.